The van der Waals surface area contributed by atoms with Crippen LogP contribution in [-0.4, -0.2) is 13.7 Å². The van der Waals surface area contributed by atoms with Crippen molar-refractivity contribution >= 4 is 0 Å². The van der Waals surface area contributed by atoms with Crippen LogP contribution in [0.3, 0.4) is 0 Å². The van der Waals surface area contributed by atoms with Gasteiger partial charge in [0.2, 0.25) is 0 Å². The van der Waals surface area contributed by atoms with Crippen LogP contribution >= 0.6 is 0 Å². The van der Waals surface area contributed by atoms with Crippen molar-refractivity contribution < 1.29 is 4.74 Å². The number of rotatable bonds is 5. The van der Waals surface area contributed by atoms with E-state index in [1.807, 2.05) is 0 Å². The molecule has 0 aliphatic heterocycles. The van der Waals surface area contributed by atoms with Gasteiger partial charge in [-0.15, -0.1) is 0 Å². The molecule has 1 rings (SSSR count). The zero-order valence-corrected chi connectivity index (χ0v) is 9.92. The predicted octanol–water partition coefficient (Wildman–Crippen LogP) is 2.60. The van der Waals surface area contributed by atoms with Gasteiger partial charge in [-0.05, 0) is 32.3 Å². The zero-order valence-electron chi connectivity index (χ0n) is 9.92. The van der Waals surface area contributed by atoms with Gasteiger partial charge in [0.25, 0.3) is 0 Å². The Bertz CT molecular complexity index is 307. The molecule has 1 unspecified atom stereocenters. The van der Waals surface area contributed by atoms with Gasteiger partial charge >= 0.3 is 0 Å². The van der Waals surface area contributed by atoms with Crippen LogP contribution in [0.15, 0.2) is 24.3 Å². The minimum atomic E-state index is -0.245. The van der Waals surface area contributed by atoms with Crippen LogP contribution in [-0.2, 0) is 10.3 Å². The molecule has 1 aromatic carbocycles. The van der Waals surface area contributed by atoms with Crippen molar-refractivity contribution in [3.05, 3.63) is 35.4 Å². The number of benzene rings is 1. The van der Waals surface area contributed by atoms with E-state index in [0.717, 1.165) is 19.4 Å². The molecule has 0 fully saturated rings. The standard InChI is InChI=1S/C13H21NO/c1-11-6-4-7-12(10-11)13(2,14)8-5-9-15-3/h4,6-7,10H,5,8-9,14H2,1-3H3. The Morgan fingerprint density at radius 3 is 2.73 bits per heavy atom. The predicted molar refractivity (Wildman–Crippen MR) is 63.8 cm³/mol. The van der Waals surface area contributed by atoms with E-state index in [2.05, 4.69) is 38.1 Å². The molecule has 15 heavy (non-hydrogen) atoms. The molecule has 2 nitrogen and oxygen atoms in total. The lowest BCUT2D eigenvalue weighted by Crippen LogP contribution is -2.33. The third-order valence-electron chi connectivity index (χ3n) is 2.72. The summed E-state index contributed by atoms with van der Waals surface area (Å²) in [6.45, 7) is 4.95. The highest BCUT2D eigenvalue weighted by Gasteiger charge is 2.20. The highest BCUT2D eigenvalue weighted by Crippen LogP contribution is 2.23. The van der Waals surface area contributed by atoms with Crippen LogP contribution in [0.25, 0.3) is 0 Å². The maximum absolute atomic E-state index is 6.29. The first-order valence-electron chi connectivity index (χ1n) is 5.41. The summed E-state index contributed by atoms with van der Waals surface area (Å²) in [5.41, 5.74) is 8.51. The number of ether oxygens (including phenoxy) is 1. The highest BCUT2D eigenvalue weighted by molar-refractivity contribution is 5.27. The summed E-state index contributed by atoms with van der Waals surface area (Å²) in [5, 5.41) is 0. The van der Waals surface area contributed by atoms with Crippen molar-refractivity contribution in [3.63, 3.8) is 0 Å². The van der Waals surface area contributed by atoms with E-state index in [1.165, 1.54) is 11.1 Å². The van der Waals surface area contributed by atoms with Gasteiger partial charge in [-0.3, -0.25) is 0 Å². The molecule has 1 atom stereocenters. The fourth-order valence-electron chi connectivity index (χ4n) is 1.73. The van der Waals surface area contributed by atoms with Crippen molar-refractivity contribution in [1.29, 1.82) is 0 Å². The highest BCUT2D eigenvalue weighted by atomic mass is 16.5. The van der Waals surface area contributed by atoms with E-state index in [0.29, 0.717) is 0 Å². The topological polar surface area (TPSA) is 35.2 Å². The monoisotopic (exact) mass is 207 g/mol. The van der Waals surface area contributed by atoms with Crippen molar-refractivity contribution in [2.24, 2.45) is 5.73 Å². The number of hydrogen-bond donors (Lipinski definition) is 1. The lowest BCUT2D eigenvalue weighted by molar-refractivity contribution is 0.184. The number of methoxy groups -OCH3 is 1. The summed E-state index contributed by atoms with van der Waals surface area (Å²) >= 11 is 0. The van der Waals surface area contributed by atoms with Crippen LogP contribution in [0, 0.1) is 6.92 Å². The van der Waals surface area contributed by atoms with Crippen LogP contribution in [0.5, 0.6) is 0 Å². The zero-order chi connectivity index (χ0) is 11.3. The molecule has 0 aliphatic carbocycles. The van der Waals surface area contributed by atoms with E-state index in [4.69, 9.17) is 10.5 Å². The van der Waals surface area contributed by atoms with Crippen molar-refractivity contribution in [3.8, 4) is 0 Å². The second kappa shape index (κ2) is 5.29. The Labute approximate surface area is 92.4 Å². The van der Waals surface area contributed by atoms with Crippen molar-refractivity contribution in [2.75, 3.05) is 13.7 Å². The van der Waals surface area contributed by atoms with Crippen molar-refractivity contribution in [1.82, 2.24) is 0 Å². The third kappa shape index (κ3) is 3.65. The van der Waals surface area contributed by atoms with Gasteiger partial charge in [0.1, 0.15) is 0 Å². The SMILES string of the molecule is COCCCC(C)(N)c1cccc(C)c1. The van der Waals surface area contributed by atoms with E-state index < -0.39 is 0 Å². The average Bonchev–Trinajstić information content (AvgIpc) is 2.18. The lowest BCUT2D eigenvalue weighted by Gasteiger charge is -2.25. The summed E-state index contributed by atoms with van der Waals surface area (Å²) in [7, 11) is 1.72. The molecule has 0 heterocycles. The Kier molecular flexibility index (Phi) is 4.30. The van der Waals surface area contributed by atoms with E-state index >= 15 is 0 Å². The average molecular weight is 207 g/mol. The number of aryl methyl sites for hydroxylation is 1. The largest absolute Gasteiger partial charge is 0.385 e. The lowest BCUT2D eigenvalue weighted by atomic mass is 9.88. The maximum Gasteiger partial charge on any atom is 0.0463 e. The number of nitrogens with two attached hydrogens (primary N) is 1. The summed E-state index contributed by atoms with van der Waals surface area (Å²) in [5.74, 6) is 0. The first kappa shape index (κ1) is 12.2. The van der Waals surface area contributed by atoms with Crippen LogP contribution in [0.4, 0.5) is 0 Å². The number of hydrogen-bond acceptors (Lipinski definition) is 2. The Balaban J connectivity index is 2.67. The minimum absolute atomic E-state index is 0.245. The molecule has 0 aliphatic rings. The van der Waals surface area contributed by atoms with E-state index in [-0.39, 0.29) is 5.54 Å². The van der Waals surface area contributed by atoms with Gasteiger partial charge in [-0.2, -0.15) is 0 Å². The third-order valence-corrected chi connectivity index (χ3v) is 2.72. The van der Waals surface area contributed by atoms with Crippen LogP contribution in [0.1, 0.15) is 30.9 Å². The minimum Gasteiger partial charge on any atom is -0.385 e. The first-order chi connectivity index (χ1) is 7.06. The molecular formula is C13H21NO. The van der Waals surface area contributed by atoms with Gasteiger partial charge < -0.3 is 10.5 Å². The van der Waals surface area contributed by atoms with E-state index in [9.17, 15) is 0 Å². The van der Waals surface area contributed by atoms with Crippen LogP contribution < -0.4 is 5.73 Å². The molecule has 0 saturated carbocycles. The smallest absolute Gasteiger partial charge is 0.0463 e. The van der Waals surface area contributed by atoms with Gasteiger partial charge in [0.15, 0.2) is 0 Å². The van der Waals surface area contributed by atoms with Gasteiger partial charge in [0.05, 0.1) is 0 Å². The summed E-state index contributed by atoms with van der Waals surface area (Å²) < 4.78 is 5.04. The molecule has 0 spiro atoms. The molecule has 1 aromatic rings. The molecule has 0 aromatic heterocycles. The second-order valence-electron chi connectivity index (χ2n) is 4.38. The Morgan fingerprint density at radius 1 is 1.40 bits per heavy atom. The van der Waals surface area contributed by atoms with Crippen molar-refractivity contribution in [2.45, 2.75) is 32.2 Å². The first-order valence-corrected chi connectivity index (χ1v) is 5.41. The normalized spacial score (nSPS) is 14.9. The van der Waals surface area contributed by atoms with E-state index in [1.54, 1.807) is 7.11 Å². The van der Waals surface area contributed by atoms with Gasteiger partial charge in [0, 0.05) is 19.3 Å². The molecule has 0 saturated heterocycles. The molecule has 0 radical (unpaired) electrons. The molecule has 84 valence electrons. The van der Waals surface area contributed by atoms with Crippen LogP contribution in [0.2, 0.25) is 0 Å². The fraction of sp³-hybridized carbons (Fsp3) is 0.538. The summed E-state index contributed by atoms with van der Waals surface area (Å²) in [4.78, 5) is 0. The molecular weight excluding hydrogens is 186 g/mol. The quantitative estimate of drug-likeness (QED) is 0.753. The Morgan fingerprint density at radius 2 is 2.13 bits per heavy atom. The van der Waals surface area contributed by atoms with Gasteiger partial charge in [-0.1, -0.05) is 29.8 Å². The second-order valence-corrected chi connectivity index (χ2v) is 4.38. The molecule has 0 bridgehead atoms. The van der Waals surface area contributed by atoms with Gasteiger partial charge in [-0.25, -0.2) is 0 Å². The summed E-state index contributed by atoms with van der Waals surface area (Å²) in [6.07, 6.45) is 1.95. The maximum atomic E-state index is 6.29. The fourth-order valence-corrected chi connectivity index (χ4v) is 1.73. The Hall–Kier alpha value is -0.860. The molecule has 2 N–H and O–H groups in total. The molecule has 0 amide bonds. The summed E-state index contributed by atoms with van der Waals surface area (Å²) in [6, 6.07) is 8.41. The molecule has 2 heteroatoms.